The molecule has 1 N–H and O–H groups in total. The average molecular weight is 338 g/mol. The molecule has 3 heterocycles. The number of nitrogens with zero attached hydrogens (tertiary/aromatic N) is 3. The Morgan fingerprint density at radius 1 is 1.12 bits per heavy atom. The fourth-order valence-corrected chi connectivity index (χ4v) is 4.37. The lowest BCUT2D eigenvalue weighted by Gasteiger charge is -2.26. The Bertz CT molecular complexity index is 931. The van der Waals surface area contributed by atoms with Gasteiger partial charge in [-0.15, -0.1) is 0 Å². The Morgan fingerprint density at radius 3 is 2.60 bits per heavy atom. The van der Waals surface area contributed by atoms with Crippen LogP contribution in [0.3, 0.4) is 0 Å². The molecule has 3 aliphatic heterocycles. The first-order valence-electron chi connectivity index (χ1n) is 8.13. The number of hydrogen-bond acceptors (Lipinski definition) is 5. The number of imide groups is 1. The second kappa shape index (κ2) is 4.76. The van der Waals surface area contributed by atoms with Crippen molar-refractivity contribution < 1.29 is 14.5 Å². The zero-order valence-electron chi connectivity index (χ0n) is 13.1. The summed E-state index contributed by atoms with van der Waals surface area (Å²) in [5.74, 6) is -0.260. The first-order chi connectivity index (χ1) is 12.1. The number of carbonyl (C=O) groups is 2. The maximum absolute atomic E-state index is 12.9. The zero-order valence-corrected chi connectivity index (χ0v) is 13.1. The number of carbonyl (C=O) groups excluding carboxylic acids is 2. The molecule has 2 aromatic carbocycles. The SMILES string of the molecule is O=C1C2C3CC(CN3)N2C(=O)N1c1ccc([N+](=O)[O-])c2ccccc12. The zero-order chi connectivity index (χ0) is 17.3. The molecule has 3 saturated heterocycles. The summed E-state index contributed by atoms with van der Waals surface area (Å²) in [6.07, 6.45) is 0.803. The van der Waals surface area contributed by atoms with Gasteiger partial charge >= 0.3 is 6.03 Å². The van der Waals surface area contributed by atoms with E-state index in [2.05, 4.69) is 5.32 Å². The van der Waals surface area contributed by atoms with Gasteiger partial charge in [-0.25, -0.2) is 9.69 Å². The predicted molar refractivity (Wildman–Crippen MR) is 89.3 cm³/mol. The van der Waals surface area contributed by atoms with Crippen LogP contribution < -0.4 is 10.2 Å². The van der Waals surface area contributed by atoms with E-state index < -0.39 is 11.0 Å². The number of urea groups is 1. The number of amides is 3. The summed E-state index contributed by atoms with van der Waals surface area (Å²) in [4.78, 5) is 39.5. The van der Waals surface area contributed by atoms with Gasteiger partial charge in [0.1, 0.15) is 6.04 Å². The lowest BCUT2D eigenvalue weighted by Crippen LogP contribution is -2.51. The third-order valence-electron chi connectivity index (χ3n) is 5.42. The van der Waals surface area contributed by atoms with Gasteiger partial charge in [0.2, 0.25) is 0 Å². The fraction of sp³-hybridized carbons (Fsp3) is 0.294. The minimum Gasteiger partial charge on any atom is -0.309 e. The summed E-state index contributed by atoms with van der Waals surface area (Å²) in [6.45, 7) is 0.703. The number of rotatable bonds is 2. The number of piperazine rings is 1. The molecule has 2 bridgehead atoms. The highest BCUT2D eigenvalue weighted by Crippen LogP contribution is 2.41. The van der Waals surface area contributed by atoms with Crippen LogP contribution in [-0.2, 0) is 4.79 Å². The molecule has 0 spiro atoms. The van der Waals surface area contributed by atoms with Gasteiger partial charge in [0, 0.05) is 30.1 Å². The molecule has 0 aliphatic carbocycles. The van der Waals surface area contributed by atoms with Gasteiger partial charge in [0.05, 0.1) is 16.0 Å². The first kappa shape index (κ1) is 14.4. The monoisotopic (exact) mass is 338 g/mol. The lowest BCUT2D eigenvalue weighted by atomic mass is 10.1. The molecule has 2 aromatic rings. The number of fused-ring (bicyclic) bond motifs is 6. The van der Waals surface area contributed by atoms with Gasteiger partial charge in [-0.2, -0.15) is 0 Å². The highest BCUT2D eigenvalue weighted by atomic mass is 16.6. The number of hydrogen-bond donors (Lipinski definition) is 1. The van der Waals surface area contributed by atoms with E-state index in [1.54, 1.807) is 29.2 Å². The fourth-order valence-electron chi connectivity index (χ4n) is 4.37. The number of anilines is 1. The van der Waals surface area contributed by atoms with Crippen LogP contribution in [0.15, 0.2) is 36.4 Å². The molecule has 0 aromatic heterocycles. The van der Waals surface area contributed by atoms with Crippen LogP contribution in [0, 0.1) is 10.1 Å². The molecule has 3 fully saturated rings. The number of nitro groups is 1. The second-order valence-electron chi connectivity index (χ2n) is 6.62. The van der Waals surface area contributed by atoms with Crippen molar-refractivity contribution in [1.29, 1.82) is 0 Å². The summed E-state index contributed by atoms with van der Waals surface area (Å²) < 4.78 is 0. The Labute approximate surface area is 142 Å². The lowest BCUT2D eigenvalue weighted by molar-refractivity contribution is -0.383. The summed E-state index contributed by atoms with van der Waals surface area (Å²) in [6, 6.07) is 8.87. The number of nitrogens with one attached hydrogen (secondary N) is 1. The van der Waals surface area contributed by atoms with E-state index in [4.69, 9.17) is 0 Å². The van der Waals surface area contributed by atoms with Gasteiger partial charge in [0.15, 0.2) is 0 Å². The largest absolute Gasteiger partial charge is 0.332 e. The Morgan fingerprint density at radius 2 is 1.88 bits per heavy atom. The van der Waals surface area contributed by atoms with E-state index in [9.17, 15) is 19.7 Å². The highest BCUT2D eigenvalue weighted by molar-refractivity contribution is 6.25. The van der Waals surface area contributed by atoms with E-state index in [1.807, 2.05) is 0 Å². The highest BCUT2D eigenvalue weighted by Gasteiger charge is 2.59. The quantitative estimate of drug-likeness (QED) is 0.510. The molecular weight excluding hydrogens is 324 g/mol. The molecule has 8 heteroatoms. The Hall–Kier alpha value is -3.00. The van der Waals surface area contributed by atoms with Crippen molar-refractivity contribution in [2.45, 2.75) is 24.5 Å². The third kappa shape index (κ3) is 1.74. The van der Waals surface area contributed by atoms with Crippen LogP contribution in [0.4, 0.5) is 16.2 Å². The minimum absolute atomic E-state index is 0.00392. The summed E-state index contributed by atoms with van der Waals surface area (Å²) in [5, 5.41) is 15.5. The molecule has 3 amide bonds. The van der Waals surface area contributed by atoms with Crippen molar-refractivity contribution in [2.75, 3.05) is 11.4 Å². The van der Waals surface area contributed by atoms with E-state index >= 15 is 0 Å². The normalized spacial score (nSPS) is 27.4. The van der Waals surface area contributed by atoms with Gasteiger partial charge in [-0.05, 0) is 18.6 Å². The van der Waals surface area contributed by atoms with E-state index in [0.29, 0.717) is 23.0 Å². The summed E-state index contributed by atoms with van der Waals surface area (Å²) in [7, 11) is 0. The van der Waals surface area contributed by atoms with Crippen LogP contribution in [0.5, 0.6) is 0 Å². The van der Waals surface area contributed by atoms with Crippen LogP contribution in [0.25, 0.3) is 10.8 Å². The molecule has 8 nitrogen and oxygen atoms in total. The molecule has 0 saturated carbocycles. The van der Waals surface area contributed by atoms with Gasteiger partial charge in [-0.3, -0.25) is 14.9 Å². The second-order valence-corrected chi connectivity index (χ2v) is 6.62. The molecular formula is C17H14N4O4. The van der Waals surface area contributed by atoms with E-state index in [-0.39, 0.29) is 29.7 Å². The molecule has 0 radical (unpaired) electrons. The van der Waals surface area contributed by atoms with Crippen molar-refractivity contribution in [1.82, 2.24) is 10.2 Å². The molecule has 5 rings (SSSR count). The van der Waals surface area contributed by atoms with Crippen LogP contribution in [0.1, 0.15) is 6.42 Å². The van der Waals surface area contributed by atoms with Crippen molar-refractivity contribution >= 4 is 34.1 Å². The number of non-ortho nitro benzene ring substituents is 1. The van der Waals surface area contributed by atoms with Gasteiger partial charge in [-0.1, -0.05) is 18.2 Å². The van der Waals surface area contributed by atoms with Crippen molar-refractivity contribution in [3.8, 4) is 0 Å². The molecule has 25 heavy (non-hydrogen) atoms. The van der Waals surface area contributed by atoms with Gasteiger partial charge < -0.3 is 10.2 Å². The molecule has 3 atom stereocenters. The van der Waals surface area contributed by atoms with Crippen molar-refractivity contribution in [2.24, 2.45) is 0 Å². The van der Waals surface area contributed by atoms with Gasteiger partial charge in [0.25, 0.3) is 11.6 Å². The van der Waals surface area contributed by atoms with E-state index in [0.717, 1.165) is 6.42 Å². The average Bonchev–Trinajstić information content (AvgIpc) is 3.28. The first-order valence-corrected chi connectivity index (χ1v) is 8.13. The predicted octanol–water partition coefficient (Wildman–Crippen LogP) is 1.63. The minimum atomic E-state index is -0.472. The van der Waals surface area contributed by atoms with Crippen LogP contribution >= 0.6 is 0 Å². The summed E-state index contributed by atoms with van der Waals surface area (Å²) in [5.41, 5.74) is 0.366. The smallest absolute Gasteiger partial charge is 0.309 e. The van der Waals surface area contributed by atoms with Crippen LogP contribution in [0.2, 0.25) is 0 Å². The third-order valence-corrected chi connectivity index (χ3v) is 5.42. The Kier molecular flexibility index (Phi) is 2.73. The van der Waals surface area contributed by atoms with E-state index in [1.165, 1.54) is 17.0 Å². The topological polar surface area (TPSA) is 95.8 Å². The number of benzene rings is 2. The number of nitro benzene ring substituents is 1. The summed E-state index contributed by atoms with van der Waals surface area (Å²) >= 11 is 0. The van der Waals surface area contributed by atoms with Crippen LogP contribution in [-0.4, -0.2) is 46.4 Å². The standard InChI is InChI=1S/C17H14N4O4/c22-16-15-12-7-9(8-18-12)19(15)17(23)20(16)13-5-6-14(21(24)25)11-4-2-1-3-10(11)13/h1-6,9,12,15,18H,7-8H2. The molecule has 3 aliphatic rings. The van der Waals surface area contributed by atoms with Crippen molar-refractivity contribution in [3.05, 3.63) is 46.5 Å². The maximum Gasteiger partial charge on any atom is 0.332 e. The van der Waals surface area contributed by atoms with Crippen molar-refractivity contribution in [3.63, 3.8) is 0 Å². The maximum atomic E-state index is 12.9. The molecule has 3 unspecified atom stereocenters. The Balaban J connectivity index is 1.67. The molecule has 126 valence electrons.